The van der Waals surface area contributed by atoms with E-state index in [2.05, 4.69) is 25.7 Å². The Morgan fingerprint density at radius 1 is 1.35 bits per heavy atom. The molecule has 1 aliphatic rings. The molecule has 2 aromatic rings. The van der Waals surface area contributed by atoms with Gasteiger partial charge < -0.3 is 5.32 Å². The van der Waals surface area contributed by atoms with E-state index in [1.165, 1.54) is 0 Å². The molecule has 2 N–H and O–H groups in total. The Hall–Kier alpha value is -2.44. The Balaban J connectivity index is 1.70. The average Bonchev–Trinajstić information content (AvgIpc) is 2.90. The van der Waals surface area contributed by atoms with Crippen molar-refractivity contribution in [1.82, 2.24) is 25.1 Å². The number of aromatic nitrogens is 4. The van der Waals surface area contributed by atoms with Gasteiger partial charge in [0.05, 0.1) is 6.04 Å². The van der Waals surface area contributed by atoms with Crippen molar-refractivity contribution in [1.29, 1.82) is 0 Å². The first-order chi connectivity index (χ1) is 11.0. The van der Waals surface area contributed by atoms with E-state index in [4.69, 9.17) is 0 Å². The van der Waals surface area contributed by atoms with Gasteiger partial charge in [-0.1, -0.05) is 6.92 Å². The van der Waals surface area contributed by atoms with Crippen molar-refractivity contribution in [2.45, 2.75) is 52.6 Å². The smallest absolute Gasteiger partial charge is 0.320 e. The number of carbonyl (C=O) groups excluding carboxylic acids is 1. The van der Waals surface area contributed by atoms with Gasteiger partial charge in [-0.2, -0.15) is 5.10 Å². The number of pyridine rings is 1. The number of nitrogens with one attached hydrogen (secondary N) is 2. The summed E-state index contributed by atoms with van der Waals surface area (Å²) in [4.78, 5) is 21.1. The summed E-state index contributed by atoms with van der Waals surface area (Å²) in [5.41, 5.74) is 1.95. The lowest BCUT2D eigenvalue weighted by Crippen LogP contribution is -2.36. The largest absolute Gasteiger partial charge is 0.328 e. The lowest BCUT2D eigenvalue weighted by Gasteiger charge is -2.23. The Morgan fingerprint density at radius 2 is 2.17 bits per heavy atom. The molecule has 1 atom stereocenters. The molecule has 0 bridgehead atoms. The standard InChI is InChI=1S/C16H22N6O/c1-4-13-19-15-12(6-5-7-22(15)21-13)18-16(23)20-14-9-10(2)8-11(3)17-14/h8-9,12H,4-7H2,1-3H3,(H2,17,18,20,23)/t12-/m1/s1. The zero-order valence-electron chi connectivity index (χ0n) is 13.8. The fourth-order valence-electron chi connectivity index (χ4n) is 2.90. The van der Waals surface area contributed by atoms with E-state index < -0.39 is 0 Å². The van der Waals surface area contributed by atoms with E-state index in [-0.39, 0.29) is 12.1 Å². The molecule has 7 heteroatoms. The summed E-state index contributed by atoms with van der Waals surface area (Å²) in [6.07, 6.45) is 2.65. The van der Waals surface area contributed by atoms with Crippen LogP contribution in [0, 0.1) is 13.8 Å². The fourth-order valence-corrected chi connectivity index (χ4v) is 2.90. The van der Waals surface area contributed by atoms with Gasteiger partial charge in [-0.05, 0) is 44.4 Å². The number of aryl methyl sites for hydroxylation is 4. The van der Waals surface area contributed by atoms with Crippen LogP contribution >= 0.6 is 0 Å². The van der Waals surface area contributed by atoms with Crippen LogP contribution in [0.5, 0.6) is 0 Å². The number of nitrogens with zero attached hydrogens (tertiary/aromatic N) is 4. The number of urea groups is 1. The zero-order valence-corrected chi connectivity index (χ0v) is 13.8. The summed E-state index contributed by atoms with van der Waals surface area (Å²) < 4.78 is 1.91. The highest BCUT2D eigenvalue weighted by Crippen LogP contribution is 2.23. The maximum Gasteiger partial charge on any atom is 0.320 e. The van der Waals surface area contributed by atoms with Crippen LogP contribution in [-0.2, 0) is 13.0 Å². The molecule has 122 valence electrons. The Morgan fingerprint density at radius 3 is 2.91 bits per heavy atom. The van der Waals surface area contributed by atoms with E-state index in [0.29, 0.717) is 5.82 Å². The van der Waals surface area contributed by atoms with E-state index in [1.54, 1.807) is 0 Å². The molecular weight excluding hydrogens is 292 g/mol. The van der Waals surface area contributed by atoms with Crippen LogP contribution < -0.4 is 10.6 Å². The predicted octanol–water partition coefficient (Wildman–Crippen LogP) is 2.51. The van der Waals surface area contributed by atoms with Crippen molar-refractivity contribution in [3.63, 3.8) is 0 Å². The first-order valence-corrected chi connectivity index (χ1v) is 8.01. The van der Waals surface area contributed by atoms with Gasteiger partial charge in [0.15, 0.2) is 5.82 Å². The Bertz CT molecular complexity index is 703. The van der Waals surface area contributed by atoms with E-state index in [0.717, 1.165) is 48.7 Å². The monoisotopic (exact) mass is 314 g/mol. The maximum absolute atomic E-state index is 12.3. The minimum Gasteiger partial charge on any atom is -0.328 e. The molecule has 0 aliphatic carbocycles. The number of carbonyl (C=O) groups is 1. The van der Waals surface area contributed by atoms with Gasteiger partial charge >= 0.3 is 6.03 Å². The van der Waals surface area contributed by atoms with Gasteiger partial charge in [0.25, 0.3) is 0 Å². The van der Waals surface area contributed by atoms with Crippen LogP contribution in [0.4, 0.5) is 10.6 Å². The van der Waals surface area contributed by atoms with Crippen molar-refractivity contribution < 1.29 is 4.79 Å². The van der Waals surface area contributed by atoms with Gasteiger partial charge in [0.2, 0.25) is 0 Å². The molecule has 0 fully saturated rings. The van der Waals surface area contributed by atoms with E-state index in [1.807, 2.05) is 37.6 Å². The van der Waals surface area contributed by atoms with Crippen LogP contribution in [0.1, 0.15) is 48.7 Å². The normalized spacial score (nSPS) is 16.7. The summed E-state index contributed by atoms with van der Waals surface area (Å²) in [5, 5.41) is 10.2. The summed E-state index contributed by atoms with van der Waals surface area (Å²) in [7, 11) is 0. The van der Waals surface area contributed by atoms with Crippen molar-refractivity contribution >= 4 is 11.8 Å². The highest BCUT2D eigenvalue weighted by atomic mass is 16.2. The second-order valence-corrected chi connectivity index (χ2v) is 5.93. The number of rotatable bonds is 3. The SMILES string of the molecule is CCc1nc2n(n1)CCC[C@H]2NC(=O)Nc1cc(C)cc(C)n1. The molecule has 3 rings (SSSR count). The molecule has 7 nitrogen and oxygen atoms in total. The maximum atomic E-state index is 12.3. The molecule has 0 aromatic carbocycles. The minimum absolute atomic E-state index is 0.109. The van der Waals surface area contributed by atoms with Crippen LogP contribution in [-0.4, -0.2) is 25.8 Å². The molecule has 2 aromatic heterocycles. The third-order valence-corrected chi connectivity index (χ3v) is 3.88. The summed E-state index contributed by atoms with van der Waals surface area (Å²) in [6.45, 7) is 6.78. The highest BCUT2D eigenvalue weighted by molar-refractivity contribution is 5.88. The van der Waals surface area contributed by atoms with E-state index >= 15 is 0 Å². The number of hydrogen-bond donors (Lipinski definition) is 2. The zero-order chi connectivity index (χ0) is 16.4. The Kier molecular flexibility index (Phi) is 4.27. The fraction of sp³-hybridized carbons (Fsp3) is 0.500. The number of amides is 2. The summed E-state index contributed by atoms with van der Waals surface area (Å²) in [5.74, 6) is 2.23. The number of hydrogen-bond acceptors (Lipinski definition) is 4. The van der Waals surface area contributed by atoms with Crippen LogP contribution in [0.3, 0.4) is 0 Å². The van der Waals surface area contributed by atoms with Crippen LogP contribution in [0.25, 0.3) is 0 Å². The molecular formula is C16H22N6O. The van der Waals surface area contributed by atoms with Crippen LogP contribution in [0.2, 0.25) is 0 Å². The quantitative estimate of drug-likeness (QED) is 0.911. The van der Waals surface area contributed by atoms with Gasteiger partial charge in [0.1, 0.15) is 11.6 Å². The van der Waals surface area contributed by atoms with Gasteiger partial charge in [-0.3, -0.25) is 5.32 Å². The summed E-state index contributed by atoms with van der Waals surface area (Å²) in [6, 6.07) is 3.45. The number of fused-ring (bicyclic) bond motifs is 1. The first kappa shape index (κ1) is 15.5. The molecule has 0 saturated heterocycles. The van der Waals surface area contributed by atoms with Gasteiger partial charge in [-0.15, -0.1) is 0 Å². The second kappa shape index (κ2) is 6.36. The van der Waals surface area contributed by atoms with Crippen LogP contribution in [0.15, 0.2) is 12.1 Å². The van der Waals surface area contributed by atoms with Gasteiger partial charge in [-0.25, -0.2) is 19.4 Å². The van der Waals surface area contributed by atoms with Crippen molar-refractivity contribution in [3.05, 3.63) is 35.0 Å². The predicted molar refractivity (Wildman–Crippen MR) is 87.2 cm³/mol. The van der Waals surface area contributed by atoms with Crippen molar-refractivity contribution in [2.75, 3.05) is 5.32 Å². The summed E-state index contributed by atoms with van der Waals surface area (Å²) >= 11 is 0. The lowest BCUT2D eigenvalue weighted by atomic mass is 10.1. The molecule has 1 aliphatic heterocycles. The first-order valence-electron chi connectivity index (χ1n) is 8.01. The van der Waals surface area contributed by atoms with Crippen molar-refractivity contribution in [3.8, 4) is 0 Å². The number of anilines is 1. The highest BCUT2D eigenvalue weighted by Gasteiger charge is 2.25. The molecule has 0 radical (unpaired) electrons. The Labute approximate surface area is 135 Å². The lowest BCUT2D eigenvalue weighted by molar-refractivity contribution is 0.244. The third-order valence-electron chi connectivity index (χ3n) is 3.88. The third kappa shape index (κ3) is 3.49. The molecule has 0 saturated carbocycles. The molecule has 0 spiro atoms. The topological polar surface area (TPSA) is 84.7 Å². The average molecular weight is 314 g/mol. The molecule has 2 amide bonds. The van der Waals surface area contributed by atoms with Gasteiger partial charge in [0, 0.05) is 18.7 Å². The molecule has 0 unspecified atom stereocenters. The molecule has 3 heterocycles. The second-order valence-electron chi connectivity index (χ2n) is 5.93. The van der Waals surface area contributed by atoms with Crippen molar-refractivity contribution in [2.24, 2.45) is 0 Å². The minimum atomic E-state index is -0.262. The van der Waals surface area contributed by atoms with E-state index in [9.17, 15) is 4.79 Å². The molecule has 23 heavy (non-hydrogen) atoms.